The molecule has 0 radical (unpaired) electrons. The molecule has 1 aromatic heterocycles. The zero-order chi connectivity index (χ0) is 16.2. The maximum Gasteiger partial charge on any atom is 0.130 e. The van der Waals surface area contributed by atoms with Crippen molar-refractivity contribution >= 4 is 0 Å². The molecule has 0 atom stereocenters. The Morgan fingerprint density at radius 3 is 2.22 bits per heavy atom. The molecule has 0 bridgehead atoms. The highest BCUT2D eigenvalue weighted by Crippen LogP contribution is 2.15. The van der Waals surface area contributed by atoms with Gasteiger partial charge in [0.05, 0.1) is 0 Å². The summed E-state index contributed by atoms with van der Waals surface area (Å²) in [5.74, 6) is -0.985. The molecule has 3 nitrogen and oxygen atoms in total. The molecule has 23 heavy (non-hydrogen) atoms. The fourth-order valence-corrected chi connectivity index (χ4v) is 2.92. The van der Waals surface area contributed by atoms with E-state index in [2.05, 4.69) is 20.9 Å². The Bertz CT molecular complexity index is 667. The van der Waals surface area contributed by atoms with E-state index in [1.165, 1.54) is 17.7 Å². The molecule has 2 heterocycles. The summed E-state index contributed by atoms with van der Waals surface area (Å²) in [6, 6.07) is 7.89. The number of halogens is 2. The number of aromatic nitrogens is 1. The molecule has 2 aromatic rings. The third-order valence-corrected chi connectivity index (χ3v) is 4.38. The molecule has 3 rings (SSSR count). The van der Waals surface area contributed by atoms with Crippen molar-refractivity contribution < 1.29 is 8.78 Å². The Balaban J connectivity index is 1.53. The normalized spacial score (nSPS) is 16.7. The zero-order valence-corrected chi connectivity index (χ0v) is 13.3. The van der Waals surface area contributed by atoms with Crippen LogP contribution in [0.2, 0.25) is 0 Å². The number of benzene rings is 1. The molecular formula is C18H21F2N3. The number of aryl methyl sites for hydroxylation is 1. The molecular weight excluding hydrogens is 296 g/mol. The Labute approximate surface area is 135 Å². The van der Waals surface area contributed by atoms with E-state index in [1.807, 2.05) is 19.2 Å². The van der Waals surface area contributed by atoms with Crippen molar-refractivity contribution in [1.82, 2.24) is 14.8 Å². The van der Waals surface area contributed by atoms with Gasteiger partial charge in [0, 0.05) is 62.8 Å². The van der Waals surface area contributed by atoms with Crippen molar-refractivity contribution in [2.24, 2.45) is 0 Å². The van der Waals surface area contributed by atoms with Crippen LogP contribution in [0.4, 0.5) is 8.78 Å². The lowest BCUT2D eigenvalue weighted by Gasteiger charge is -2.35. The summed E-state index contributed by atoms with van der Waals surface area (Å²) in [5.41, 5.74) is 2.89. The first-order valence-electron chi connectivity index (χ1n) is 7.91. The maximum absolute atomic E-state index is 13.7. The largest absolute Gasteiger partial charge is 0.296 e. The van der Waals surface area contributed by atoms with E-state index in [0.717, 1.165) is 44.5 Å². The molecule has 1 aliphatic rings. The second-order valence-corrected chi connectivity index (χ2v) is 6.04. The molecule has 1 aliphatic heterocycles. The van der Waals surface area contributed by atoms with E-state index >= 15 is 0 Å². The monoisotopic (exact) mass is 317 g/mol. The Morgan fingerprint density at radius 2 is 1.61 bits per heavy atom. The van der Waals surface area contributed by atoms with Crippen LogP contribution >= 0.6 is 0 Å². The van der Waals surface area contributed by atoms with Crippen molar-refractivity contribution in [3.05, 3.63) is 65.0 Å². The van der Waals surface area contributed by atoms with Crippen molar-refractivity contribution in [3.63, 3.8) is 0 Å². The summed E-state index contributed by atoms with van der Waals surface area (Å²) in [5, 5.41) is 0. The highest BCUT2D eigenvalue weighted by molar-refractivity contribution is 5.19. The number of piperazine rings is 1. The second kappa shape index (κ2) is 7.15. The molecule has 1 saturated heterocycles. The van der Waals surface area contributed by atoms with Gasteiger partial charge >= 0.3 is 0 Å². The molecule has 0 N–H and O–H groups in total. The quantitative estimate of drug-likeness (QED) is 0.864. The van der Waals surface area contributed by atoms with Crippen molar-refractivity contribution in [2.75, 3.05) is 26.2 Å². The Hall–Kier alpha value is -1.85. The fraction of sp³-hybridized carbons (Fsp3) is 0.389. The summed E-state index contributed by atoms with van der Waals surface area (Å²) in [6.45, 7) is 7.12. The Morgan fingerprint density at radius 1 is 0.957 bits per heavy atom. The van der Waals surface area contributed by atoms with Gasteiger partial charge in [0.25, 0.3) is 0 Å². The molecule has 0 amide bonds. The van der Waals surface area contributed by atoms with Gasteiger partial charge in [-0.2, -0.15) is 0 Å². The summed E-state index contributed by atoms with van der Waals surface area (Å²) in [4.78, 5) is 8.92. The van der Waals surface area contributed by atoms with Gasteiger partial charge in [0.15, 0.2) is 0 Å². The van der Waals surface area contributed by atoms with E-state index in [9.17, 15) is 8.78 Å². The molecule has 1 fully saturated rings. The average molecular weight is 317 g/mol. The minimum Gasteiger partial charge on any atom is -0.296 e. The Kier molecular flexibility index (Phi) is 4.98. The van der Waals surface area contributed by atoms with Crippen LogP contribution in [0.15, 0.2) is 36.5 Å². The van der Waals surface area contributed by atoms with Crippen LogP contribution in [0.1, 0.15) is 16.8 Å². The minimum absolute atomic E-state index is 0.460. The fourth-order valence-electron chi connectivity index (χ4n) is 2.92. The van der Waals surface area contributed by atoms with E-state index in [0.29, 0.717) is 12.1 Å². The topological polar surface area (TPSA) is 19.4 Å². The van der Waals surface area contributed by atoms with Crippen LogP contribution < -0.4 is 0 Å². The lowest BCUT2D eigenvalue weighted by atomic mass is 10.1. The molecule has 0 aliphatic carbocycles. The van der Waals surface area contributed by atoms with E-state index in [4.69, 9.17) is 0 Å². The SMILES string of the molecule is Cc1ncccc1CN1CCN(Cc2ccc(F)cc2F)CC1. The lowest BCUT2D eigenvalue weighted by Crippen LogP contribution is -2.45. The molecule has 5 heteroatoms. The van der Waals surface area contributed by atoms with Crippen LogP contribution in [0.5, 0.6) is 0 Å². The second-order valence-electron chi connectivity index (χ2n) is 6.04. The van der Waals surface area contributed by atoms with Gasteiger partial charge in [0.1, 0.15) is 11.6 Å². The van der Waals surface area contributed by atoms with E-state index in [-0.39, 0.29) is 0 Å². The summed E-state index contributed by atoms with van der Waals surface area (Å²) < 4.78 is 26.7. The minimum atomic E-state index is -0.525. The number of pyridine rings is 1. The van der Waals surface area contributed by atoms with Gasteiger partial charge < -0.3 is 0 Å². The summed E-state index contributed by atoms with van der Waals surface area (Å²) in [7, 11) is 0. The molecule has 0 unspecified atom stereocenters. The molecule has 0 spiro atoms. The van der Waals surface area contributed by atoms with Gasteiger partial charge in [-0.25, -0.2) is 8.78 Å². The van der Waals surface area contributed by atoms with Crippen LogP contribution in [0, 0.1) is 18.6 Å². The molecule has 0 saturated carbocycles. The first kappa shape index (κ1) is 16.0. The van der Waals surface area contributed by atoms with Gasteiger partial charge in [-0.1, -0.05) is 12.1 Å². The highest BCUT2D eigenvalue weighted by atomic mass is 19.1. The number of hydrogen-bond acceptors (Lipinski definition) is 3. The average Bonchev–Trinajstić information content (AvgIpc) is 2.54. The van der Waals surface area contributed by atoms with Crippen LogP contribution in [0.25, 0.3) is 0 Å². The van der Waals surface area contributed by atoms with Crippen molar-refractivity contribution in [2.45, 2.75) is 20.0 Å². The first-order chi connectivity index (χ1) is 11.1. The standard InChI is InChI=1S/C18H21F2N3/c1-14-15(3-2-6-21-14)12-22-7-9-23(10-8-22)13-16-4-5-17(19)11-18(16)20/h2-6,11H,7-10,12-13H2,1H3. The predicted octanol–water partition coefficient (Wildman–Crippen LogP) is 2.99. The molecule has 122 valence electrons. The highest BCUT2D eigenvalue weighted by Gasteiger charge is 2.18. The van der Waals surface area contributed by atoms with Gasteiger partial charge in [0.2, 0.25) is 0 Å². The predicted molar refractivity (Wildman–Crippen MR) is 85.9 cm³/mol. The van der Waals surface area contributed by atoms with Crippen LogP contribution in [-0.4, -0.2) is 41.0 Å². The van der Waals surface area contributed by atoms with Gasteiger partial charge in [-0.3, -0.25) is 14.8 Å². The van der Waals surface area contributed by atoms with Crippen LogP contribution in [-0.2, 0) is 13.1 Å². The van der Waals surface area contributed by atoms with E-state index in [1.54, 1.807) is 0 Å². The van der Waals surface area contributed by atoms with Crippen molar-refractivity contribution in [3.8, 4) is 0 Å². The third kappa shape index (κ3) is 4.12. The zero-order valence-electron chi connectivity index (χ0n) is 13.3. The van der Waals surface area contributed by atoms with Gasteiger partial charge in [-0.05, 0) is 24.6 Å². The smallest absolute Gasteiger partial charge is 0.130 e. The third-order valence-electron chi connectivity index (χ3n) is 4.38. The van der Waals surface area contributed by atoms with E-state index < -0.39 is 11.6 Å². The number of hydrogen-bond donors (Lipinski definition) is 0. The molecule has 1 aromatic carbocycles. The first-order valence-corrected chi connectivity index (χ1v) is 7.91. The maximum atomic E-state index is 13.7. The van der Waals surface area contributed by atoms with Gasteiger partial charge in [-0.15, -0.1) is 0 Å². The summed E-state index contributed by atoms with van der Waals surface area (Å²) >= 11 is 0. The number of rotatable bonds is 4. The lowest BCUT2D eigenvalue weighted by molar-refractivity contribution is 0.121. The summed E-state index contributed by atoms with van der Waals surface area (Å²) in [6.07, 6.45) is 1.81. The van der Waals surface area contributed by atoms with Crippen LogP contribution in [0.3, 0.4) is 0 Å². The number of nitrogens with zero attached hydrogens (tertiary/aromatic N) is 3. The van der Waals surface area contributed by atoms with Crippen molar-refractivity contribution in [1.29, 1.82) is 0 Å².